The molecule has 3 N–H and O–H groups in total. The molecule has 2 atom stereocenters. The molecule has 10 heteroatoms. The van der Waals surface area contributed by atoms with Gasteiger partial charge in [-0.1, -0.05) is 60.7 Å². The van der Waals surface area contributed by atoms with Crippen LogP contribution in [-0.2, 0) is 34.0 Å². The van der Waals surface area contributed by atoms with Gasteiger partial charge in [-0.25, -0.2) is 4.79 Å². The zero-order chi connectivity index (χ0) is 26.4. The molecule has 1 aromatic heterocycles. The molecular formula is C27H34N6O4. The van der Waals surface area contributed by atoms with Gasteiger partial charge in [0.15, 0.2) is 11.6 Å². The number of nitrogens with one attached hydrogen (secondary N) is 1. The van der Waals surface area contributed by atoms with E-state index in [9.17, 15) is 9.59 Å². The van der Waals surface area contributed by atoms with E-state index >= 15 is 0 Å². The minimum Gasteiger partial charge on any atom is -0.445 e. The number of benzene rings is 2. The molecule has 0 radical (unpaired) electrons. The molecule has 1 aliphatic heterocycles. The molecule has 0 saturated carbocycles. The van der Waals surface area contributed by atoms with E-state index in [0.717, 1.165) is 11.1 Å². The Hall–Kier alpha value is -3.76. The summed E-state index contributed by atoms with van der Waals surface area (Å²) in [6.45, 7) is 6.82. The molecule has 1 unspecified atom stereocenters. The highest BCUT2D eigenvalue weighted by molar-refractivity contribution is 5.85. The number of carbonyl (C=O) groups is 2. The van der Waals surface area contributed by atoms with Crippen LogP contribution in [0.1, 0.15) is 55.6 Å². The molecule has 3 aromatic rings. The van der Waals surface area contributed by atoms with Gasteiger partial charge in [-0.3, -0.25) is 9.69 Å². The summed E-state index contributed by atoms with van der Waals surface area (Å²) in [5, 5.41) is 11.7. The van der Waals surface area contributed by atoms with Crippen molar-refractivity contribution in [1.29, 1.82) is 0 Å². The second-order valence-electron chi connectivity index (χ2n) is 9.73. The van der Waals surface area contributed by atoms with Gasteiger partial charge in [-0.05, 0) is 31.9 Å². The summed E-state index contributed by atoms with van der Waals surface area (Å²) >= 11 is 0. The maximum Gasteiger partial charge on any atom is 0.410 e. The van der Waals surface area contributed by atoms with Gasteiger partial charge in [0.2, 0.25) is 5.91 Å². The molecule has 37 heavy (non-hydrogen) atoms. The number of rotatable bonds is 9. The second kappa shape index (κ2) is 11.5. The standard InChI is InChI=1S/C27H34N6O4/c1-19-23-30-31-24(33(23)15-14-32(19)26(35)37-17-21-12-8-5-9-13-21)22(29-25(34)27(2,3)28)18-36-16-20-10-6-4-7-11-20/h4-13,19,22H,14-18,28H2,1-3H3,(H,29,34)/t19?,22-/m1/s1. The highest BCUT2D eigenvalue weighted by atomic mass is 16.6. The average molecular weight is 507 g/mol. The van der Waals surface area contributed by atoms with E-state index in [2.05, 4.69) is 15.5 Å². The fourth-order valence-electron chi connectivity index (χ4n) is 4.11. The number of fused-ring (bicyclic) bond motifs is 1. The molecule has 0 bridgehead atoms. The molecular weight excluding hydrogens is 472 g/mol. The van der Waals surface area contributed by atoms with Gasteiger partial charge in [-0.15, -0.1) is 10.2 Å². The van der Waals surface area contributed by atoms with Crippen molar-refractivity contribution >= 4 is 12.0 Å². The lowest BCUT2D eigenvalue weighted by atomic mass is 10.1. The van der Waals surface area contributed by atoms with Crippen molar-refractivity contribution in [2.75, 3.05) is 13.2 Å². The molecule has 2 heterocycles. The van der Waals surface area contributed by atoms with E-state index in [-0.39, 0.29) is 25.2 Å². The number of ether oxygens (including phenoxy) is 2. The fourth-order valence-corrected chi connectivity index (χ4v) is 4.11. The Balaban J connectivity index is 1.47. The van der Waals surface area contributed by atoms with E-state index in [1.54, 1.807) is 18.7 Å². The summed E-state index contributed by atoms with van der Waals surface area (Å²) in [4.78, 5) is 27.2. The van der Waals surface area contributed by atoms with Gasteiger partial charge in [0.1, 0.15) is 12.6 Å². The monoisotopic (exact) mass is 506 g/mol. The number of nitrogens with zero attached hydrogens (tertiary/aromatic N) is 4. The maximum absolute atomic E-state index is 12.8. The van der Waals surface area contributed by atoms with Crippen molar-refractivity contribution in [3.05, 3.63) is 83.4 Å². The summed E-state index contributed by atoms with van der Waals surface area (Å²) in [6.07, 6.45) is -0.409. The van der Waals surface area contributed by atoms with Crippen molar-refractivity contribution in [1.82, 2.24) is 25.0 Å². The lowest BCUT2D eigenvalue weighted by molar-refractivity contribution is -0.126. The lowest BCUT2D eigenvalue weighted by Gasteiger charge is -2.33. The Labute approximate surface area is 216 Å². The van der Waals surface area contributed by atoms with Gasteiger partial charge in [0, 0.05) is 13.1 Å². The summed E-state index contributed by atoms with van der Waals surface area (Å²) in [6, 6.07) is 18.4. The first kappa shape index (κ1) is 26.3. The molecule has 1 aliphatic rings. The van der Waals surface area contributed by atoms with Crippen molar-refractivity contribution < 1.29 is 19.1 Å². The van der Waals surface area contributed by atoms with Gasteiger partial charge in [0.25, 0.3) is 0 Å². The molecule has 2 aromatic carbocycles. The SMILES string of the molecule is CC1c2nnc([C@@H](COCc3ccccc3)NC(=O)C(C)(C)N)n2CCN1C(=O)OCc1ccccc1. The third-order valence-corrected chi connectivity index (χ3v) is 6.25. The third-order valence-electron chi connectivity index (χ3n) is 6.25. The van der Waals surface area contributed by atoms with E-state index in [0.29, 0.717) is 31.3 Å². The van der Waals surface area contributed by atoms with E-state index in [4.69, 9.17) is 15.2 Å². The zero-order valence-electron chi connectivity index (χ0n) is 21.5. The molecule has 0 saturated heterocycles. The molecule has 196 valence electrons. The smallest absolute Gasteiger partial charge is 0.410 e. The Morgan fingerprint density at radius 3 is 2.27 bits per heavy atom. The number of aromatic nitrogens is 3. The Kier molecular flexibility index (Phi) is 8.20. The molecule has 10 nitrogen and oxygen atoms in total. The first-order valence-electron chi connectivity index (χ1n) is 12.4. The quantitative estimate of drug-likeness (QED) is 0.457. The van der Waals surface area contributed by atoms with Gasteiger partial charge >= 0.3 is 6.09 Å². The van der Waals surface area contributed by atoms with E-state index in [1.807, 2.05) is 72.2 Å². The Morgan fingerprint density at radius 1 is 1.03 bits per heavy atom. The van der Waals surface area contributed by atoms with Crippen molar-refractivity contribution in [3.63, 3.8) is 0 Å². The highest BCUT2D eigenvalue weighted by Gasteiger charge is 2.35. The first-order valence-corrected chi connectivity index (χ1v) is 12.4. The number of nitrogens with two attached hydrogens (primary N) is 1. The summed E-state index contributed by atoms with van der Waals surface area (Å²) in [7, 11) is 0. The van der Waals surface area contributed by atoms with Gasteiger partial charge in [0.05, 0.1) is 24.8 Å². The Bertz CT molecular complexity index is 1190. The number of carbonyl (C=O) groups excluding carboxylic acids is 2. The van der Waals surface area contributed by atoms with Crippen molar-refractivity contribution in [2.45, 2.75) is 58.2 Å². The van der Waals surface area contributed by atoms with Gasteiger partial charge in [-0.2, -0.15) is 0 Å². The summed E-state index contributed by atoms with van der Waals surface area (Å²) < 4.78 is 13.4. The number of hydrogen-bond donors (Lipinski definition) is 2. The zero-order valence-corrected chi connectivity index (χ0v) is 21.5. The predicted octanol–water partition coefficient (Wildman–Crippen LogP) is 3.10. The number of amides is 2. The largest absolute Gasteiger partial charge is 0.445 e. The van der Waals surface area contributed by atoms with Crippen molar-refractivity contribution in [2.24, 2.45) is 5.73 Å². The fraction of sp³-hybridized carbons (Fsp3) is 0.407. The topological polar surface area (TPSA) is 125 Å². The van der Waals surface area contributed by atoms with Crippen LogP contribution in [0.25, 0.3) is 0 Å². The lowest BCUT2D eigenvalue weighted by Crippen LogP contribution is -2.51. The summed E-state index contributed by atoms with van der Waals surface area (Å²) in [5.41, 5.74) is 6.90. The average Bonchev–Trinajstić information content (AvgIpc) is 3.32. The van der Waals surface area contributed by atoms with Crippen LogP contribution in [0, 0.1) is 0 Å². The van der Waals surface area contributed by atoms with Gasteiger partial charge < -0.3 is 25.1 Å². The second-order valence-corrected chi connectivity index (χ2v) is 9.73. The van der Waals surface area contributed by atoms with Crippen LogP contribution < -0.4 is 11.1 Å². The predicted molar refractivity (Wildman–Crippen MR) is 137 cm³/mol. The normalized spacial score (nSPS) is 16.1. The van der Waals surface area contributed by atoms with Crippen LogP contribution in [0.4, 0.5) is 4.79 Å². The van der Waals surface area contributed by atoms with Crippen molar-refractivity contribution in [3.8, 4) is 0 Å². The minimum atomic E-state index is -1.07. The van der Waals surface area contributed by atoms with E-state index < -0.39 is 17.7 Å². The molecule has 2 amide bonds. The first-order chi connectivity index (χ1) is 17.7. The Morgan fingerprint density at radius 2 is 1.65 bits per heavy atom. The molecule has 0 aliphatic carbocycles. The van der Waals surface area contributed by atoms with Crippen LogP contribution >= 0.6 is 0 Å². The van der Waals surface area contributed by atoms with Crippen LogP contribution in [0.15, 0.2) is 60.7 Å². The molecule has 0 fully saturated rings. The molecule has 4 rings (SSSR count). The number of hydrogen-bond acceptors (Lipinski definition) is 7. The maximum atomic E-state index is 12.8. The minimum absolute atomic E-state index is 0.187. The summed E-state index contributed by atoms with van der Waals surface area (Å²) in [5.74, 6) is 0.852. The van der Waals surface area contributed by atoms with Crippen LogP contribution in [-0.4, -0.2) is 50.4 Å². The third kappa shape index (κ3) is 6.52. The van der Waals surface area contributed by atoms with Crippen LogP contribution in [0.2, 0.25) is 0 Å². The van der Waals surface area contributed by atoms with Crippen LogP contribution in [0.3, 0.4) is 0 Å². The highest BCUT2D eigenvalue weighted by Crippen LogP contribution is 2.27. The van der Waals surface area contributed by atoms with E-state index in [1.165, 1.54) is 0 Å². The molecule has 0 spiro atoms. The van der Waals surface area contributed by atoms with Crippen LogP contribution in [0.5, 0.6) is 0 Å².